The number of carbonyl (C=O) groups excluding carboxylic acids is 3. The minimum Gasteiger partial charge on any atom is -0.459 e. The molecule has 0 spiro atoms. The van der Waals surface area contributed by atoms with Crippen molar-refractivity contribution in [1.82, 2.24) is 0 Å². The second kappa shape index (κ2) is 8.01. The molecule has 0 radical (unpaired) electrons. The molecule has 0 saturated heterocycles. The Balaban J connectivity index is 1.74. The maximum absolute atomic E-state index is 12.6. The molecule has 1 heterocycles. The van der Waals surface area contributed by atoms with Crippen LogP contribution in [0.2, 0.25) is 0 Å². The van der Waals surface area contributed by atoms with Crippen LogP contribution in [0.1, 0.15) is 26.5 Å². The number of carbonyl (C=O) groups is 3. The second-order valence-electron chi connectivity index (χ2n) is 5.77. The summed E-state index contributed by atoms with van der Waals surface area (Å²) in [6.45, 7) is 0. The molecule has 3 amide bonds. The summed E-state index contributed by atoms with van der Waals surface area (Å²) in [5, 5.41) is 5.43. The molecule has 0 aliphatic rings. The van der Waals surface area contributed by atoms with Gasteiger partial charge in [0.2, 0.25) is 5.91 Å². The molecule has 0 unspecified atom stereocenters. The zero-order valence-electron chi connectivity index (χ0n) is 14.3. The van der Waals surface area contributed by atoms with Crippen LogP contribution in [0.4, 0.5) is 11.4 Å². The first-order valence-corrected chi connectivity index (χ1v) is 8.15. The minimum atomic E-state index is -0.487. The summed E-state index contributed by atoms with van der Waals surface area (Å²) in [5.41, 5.74) is 7.18. The Bertz CT molecular complexity index is 980. The molecule has 7 heteroatoms. The highest BCUT2D eigenvalue weighted by molar-refractivity contribution is 6.07. The van der Waals surface area contributed by atoms with Gasteiger partial charge in [-0.1, -0.05) is 24.3 Å². The van der Waals surface area contributed by atoms with Gasteiger partial charge in [-0.3, -0.25) is 14.4 Å². The average Bonchev–Trinajstić information content (AvgIpc) is 3.18. The van der Waals surface area contributed by atoms with Crippen molar-refractivity contribution < 1.29 is 18.8 Å². The first kappa shape index (κ1) is 17.9. The van der Waals surface area contributed by atoms with Crippen molar-refractivity contribution in [2.45, 2.75) is 6.42 Å². The van der Waals surface area contributed by atoms with Crippen molar-refractivity contribution in [3.63, 3.8) is 0 Å². The van der Waals surface area contributed by atoms with Crippen LogP contribution in [0.3, 0.4) is 0 Å². The molecular weight excluding hydrogens is 346 g/mol. The zero-order chi connectivity index (χ0) is 19.2. The van der Waals surface area contributed by atoms with Crippen LogP contribution in [-0.2, 0) is 11.2 Å². The van der Waals surface area contributed by atoms with Gasteiger partial charge in [0.15, 0.2) is 5.76 Å². The third-order valence-corrected chi connectivity index (χ3v) is 3.76. The highest BCUT2D eigenvalue weighted by Crippen LogP contribution is 2.18. The Hall–Kier alpha value is -3.87. The Morgan fingerprint density at radius 3 is 2.44 bits per heavy atom. The van der Waals surface area contributed by atoms with E-state index in [1.165, 1.54) is 6.26 Å². The standard InChI is InChI=1S/C20H17N3O4/c21-18(24)12-13-5-1-2-8-16(13)23-19(25)14-6-3-7-15(11-14)22-20(26)17-9-4-10-27-17/h1-11H,12H2,(H2,21,24)(H,22,26)(H,23,25). The lowest BCUT2D eigenvalue weighted by atomic mass is 10.1. The topological polar surface area (TPSA) is 114 Å². The molecule has 7 nitrogen and oxygen atoms in total. The molecule has 0 fully saturated rings. The van der Waals surface area contributed by atoms with Crippen LogP contribution in [0.5, 0.6) is 0 Å². The van der Waals surface area contributed by atoms with Crippen molar-refractivity contribution in [2.24, 2.45) is 5.73 Å². The lowest BCUT2D eigenvalue weighted by Crippen LogP contribution is -2.18. The number of anilines is 2. The summed E-state index contributed by atoms with van der Waals surface area (Å²) in [6, 6.07) is 16.6. The van der Waals surface area contributed by atoms with E-state index in [1.54, 1.807) is 60.7 Å². The zero-order valence-corrected chi connectivity index (χ0v) is 14.3. The fourth-order valence-electron chi connectivity index (χ4n) is 2.52. The van der Waals surface area contributed by atoms with E-state index >= 15 is 0 Å². The molecular formula is C20H17N3O4. The highest BCUT2D eigenvalue weighted by atomic mass is 16.3. The van der Waals surface area contributed by atoms with Gasteiger partial charge in [0.05, 0.1) is 12.7 Å². The van der Waals surface area contributed by atoms with Gasteiger partial charge in [-0.2, -0.15) is 0 Å². The molecule has 3 aromatic rings. The van der Waals surface area contributed by atoms with Crippen molar-refractivity contribution in [2.75, 3.05) is 10.6 Å². The van der Waals surface area contributed by atoms with Crippen molar-refractivity contribution in [3.05, 3.63) is 83.8 Å². The molecule has 0 aliphatic heterocycles. The quantitative estimate of drug-likeness (QED) is 0.625. The fourth-order valence-corrected chi connectivity index (χ4v) is 2.52. The van der Waals surface area contributed by atoms with Crippen molar-refractivity contribution >= 4 is 29.1 Å². The van der Waals surface area contributed by atoms with E-state index in [4.69, 9.17) is 10.2 Å². The number of nitrogens with one attached hydrogen (secondary N) is 2. The van der Waals surface area contributed by atoms with Crippen molar-refractivity contribution in [1.29, 1.82) is 0 Å². The van der Waals surface area contributed by atoms with Gasteiger partial charge in [-0.15, -0.1) is 0 Å². The lowest BCUT2D eigenvalue weighted by Gasteiger charge is -2.11. The normalized spacial score (nSPS) is 10.2. The number of rotatable bonds is 6. The SMILES string of the molecule is NC(=O)Cc1ccccc1NC(=O)c1cccc(NC(=O)c2ccco2)c1. The summed E-state index contributed by atoms with van der Waals surface area (Å²) >= 11 is 0. The minimum absolute atomic E-state index is 0.0235. The highest BCUT2D eigenvalue weighted by Gasteiger charge is 2.13. The largest absolute Gasteiger partial charge is 0.459 e. The molecule has 0 saturated carbocycles. The molecule has 0 bridgehead atoms. The fraction of sp³-hybridized carbons (Fsp3) is 0.0500. The maximum atomic E-state index is 12.6. The van der Waals surface area contributed by atoms with Crippen LogP contribution < -0.4 is 16.4 Å². The summed E-state index contributed by atoms with van der Waals surface area (Å²) < 4.78 is 5.04. The lowest BCUT2D eigenvalue weighted by molar-refractivity contribution is -0.117. The number of hydrogen-bond acceptors (Lipinski definition) is 4. The first-order chi connectivity index (χ1) is 13.0. The van der Waals surface area contributed by atoms with E-state index in [1.807, 2.05) is 0 Å². The number of hydrogen-bond donors (Lipinski definition) is 3. The number of furan rings is 1. The molecule has 0 aliphatic carbocycles. The third-order valence-electron chi connectivity index (χ3n) is 3.76. The number of nitrogens with two attached hydrogens (primary N) is 1. The molecule has 3 rings (SSSR count). The Morgan fingerprint density at radius 1 is 0.889 bits per heavy atom. The summed E-state index contributed by atoms with van der Waals surface area (Å²) in [4.78, 5) is 35.8. The number of amides is 3. The Labute approximate surface area is 155 Å². The predicted molar refractivity (Wildman–Crippen MR) is 100 cm³/mol. The number of para-hydroxylation sites is 1. The summed E-state index contributed by atoms with van der Waals surface area (Å²) in [5.74, 6) is -1.10. The van der Waals surface area contributed by atoms with E-state index in [-0.39, 0.29) is 18.1 Å². The Kier molecular flexibility index (Phi) is 5.32. The third kappa shape index (κ3) is 4.60. The monoisotopic (exact) mass is 363 g/mol. The molecule has 1 aromatic heterocycles. The van der Waals surface area contributed by atoms with E-state index < -0.39 is 11.8 Å². The van der Waals surface area contributed by atoms with Gasteiger partial charge in [0, 0.05) is 16.9 Å². The molecule has 0 atom stereocenters. The predicted octanol–water partition coefficient (Wildman–Crippen LogP) is 2.81. The van der Waals surface area contributed by atoms with Gasteiger partial charge in [0.1, 0.15) is 0 Å². The van der Waals surface area contributed by atoms with Gasteiger partial charge in [0.25, 0.3) is 11.8 Å². The molecule has 2 aromatic carbocycles. The van der Waals surface area contributed by atoms with Gasteiger partial charge in [-0.05, 0) is 42.0 Å². The molecule has 136 valence electrons. The van der Waals surface area contributed by atoms with Crippen LogP contribution in [0, 0.1) is 0 Å². The molecule has 27 heavy (non-hydrogen) atoms. The van der Waals surface area contributed by atoms with E-state index in [0.29, 0.717) is 22.5 Å². The number of benzene rings is 2. The number of primary amides is 1. The van der Waals surface area contributed by atoms with Gasteiger partial charge in [-0.25, -0.2) is 0 Å². The maximum Gasteiger partial charge on any atom is 0.291 e. The van der Waals surface area contributed by atoms with Crippen LogP contribution in [0.25, 0.3) is 0 Å². The van der Waals surface area contributed by atoms with E-state index in [0.717, 1.165) is 0 Å². The van der Waals surface area contributed by atoms with Crippen LogP contribution in [-0.4, -0.2) is 17.7 Å². The van der Waals surface area contributed by atoms with Crippen LogP contribution in [0.15, 0.2) is 71.3 Å². The van der Waals surface area contributed by atoms with Gasteiger partial charge < -0.3 is 20.8 Å². The second-order valence-corrected chi connectivity index (χ2v) is 5.77. The van der Waals surface area contributed by atoms with E-state index in [9.17, 15) is 14.4 Å². The Morgan fingerprint density at radius 2 is 1.70 bits per heavy atom. The van der Waals surface area contributed by atoms with Crippen LogP contribution >= 0.6 is 0 Å². The summed E-state index contributed by atoms with van der Waals surface area (Å²) in [7, 11) is 0. The van der Waals surface area contributed by atoms with E-state index in [2.05, 4.69) is 10.6 Å². The average molecular weight is 363 g/mol. The van der Waals surface area contributed by atoms with Gasteiger partial charge >= 0.3 is 0 Å². The molecule has 4 N–H and O–H groups in total. The summed E-state index contributed by atoms with van der Waals surface area (Å²) in [6.07, 6.45) is 1.43. The smallest absolute Gasteiger partial charge is 0.291 e. The van der Waals surface area contributed by atoms with Crippen molar-refractivity contribution in [3.8, 4) is 0 Å². The first-order valence-electron chi connectivity index (χ1n) is 8.15.